The van der Waals surface area contributed by atoms with Crippen LogP contribution in [-0.4, -0.2) is 42.0 Å². The average Bonchev–Trinajstić information content (AvgIpc) is 3.12. The van der Waals surface area contributed by atoms with E-state index in [2.05, 4.69) is 16.0 Å². The number of thiazole rings is 1. The van der Waals surface area contributed by atoms with Gasteiger partial charge in [-0.25, -0.2) is 4.79 Å². The molecule has 2 aliphatic heterocycles. The highest BCUT2D eigenvalue weighted by Crippen LogP contribution is 2.56. The van der Waals surface area contributed by atoms with Gasteiger partial charge in [-0.2, -0.15) is 0 Å². The molecule has 1 spiro atoms. The summed E-state index contributed by atoms with van der Waals surface area (Å²) < 4.78 is 17.3. The second-order valence-electron chi connectivity index (χ2n) is 7.70. The van der Waals surface area contributed by atoms with Gasteiger partial charge < -0.3 is 24.2 Å². The van der Waals surface area contributed by atoms with E-state index in [9.17, 15) is 9.90 Å². The van der Waals surface area contributed by atoms with Crippen LogP contribution in [0, 0.1) is 0 Å². The number of methoxy groups -OCH3 is 1. The lowest BCUT2D eigenvalue weighted by Crippen LogP contribution is -2.17. The molecule has 5 rings (SSSR count). The molecule has 2 saturated heterocycles. The monoisotopic (exact) mass is 438 g/mol. The van der Waals surface area contributed by atoms with Crippen LogP contribution >= 0.6 is 11.3 Å². The molecule has 0 aliphatic carbocycles. The Kier molecular flexibility index (Phi) is 5.13. The zero-order valence-corrected chi connectivity index (χ0v) is 17.8. The van der Waals surface area contributed by atoms with Gasteiger partial charge in [0.25, 0.3) is 0 Å². The Morgan fingerprint density at radius 2 is 2.10 bits per heavy atom. The molecule has 160 valence electrons. The number of aromatic nitrogens is 1. The number of hydrogen-bond donors (Lipinski definition) is 1. The molecular formula is C23H22N2O5S. The van der Waals surface area contributed by atoms with Crippen LogP contribution in [-0.2, 0) is 16.0 Å². The lowest BCUT2D eigenvalue weighted by atomic mass is 9.97. The van der Waals surface area contributed by atoms with E-state index in [4.69, 9.17) is 14.2 Å². The lowest BCUT2D eigenvalue weighted by Gasteiger charge is -2.25. The fourth-order valence-corrected chi connectivity index (χ4v) is 4.68. The van der Waals surface area contributed by atoms with E-state index in [1.165, 1.54) is 0 Å². The summed E-state index contributed by atoms with van der Waals surface area (Å²) >= 11 is 1.58. The van der Waals surface area contributed by atoms with Crippen molar-refractivity contribution >= 4 is 28.7 Å². The minimum atomic E-state index is -0.942. The number of carboxylic acids is 1. The van der Waals surface area contributed by atoms with Gasteiger partial charge in [0.1, 0.15) is 17.5 Å². The number of epoxide rings is 1. The number of nitrogens with zero attached hydrogens (tertiary/aromatic N) is 2. The maximum Gasteiger partial charge on any atom is 0.335 e. The SMILES string of the molecule is COc1ccc(N(Cc2cncs2)c2ccc(C(=O)O)cc2)cc1C1OC12CCOC2. The summed E-state index contributed by atoms with van der Waals surface area (Å²) in [6, 6.07) is 13.0. The van der Waals surface area contributed by atoms with Gasteiger partial charge >= 0.3 is 5.97 Å². The predicted molar refractivity (Wildman–Crippen MR) is 116 cm³/mol. The van der Waals surface area contributed by atoms with Crippen LogP contribution in [0.3, 0.4) is 0 Å². The summed E-state index contributed by atoms with van der Waals surface area (Å²) in [5, 5.41) is 9.24. The van der Waals surface area contributed by atoms with Crippen LogP contribution in [0.25, 0.3) is 0 Å². The molecule has 1 aromatic heterocycles. The molecule has 0 saturated carbocycles. The van der Waals surface area contributed by atoms with E-state index in [1.54, 1.807) is 30.6 Å². The van der Waals surface area contributed by atoms with Crippen molar-refractivity contribution in [3.05, 3.63) is 70.2 Å². The molecule has 31 heavy (non-hydrogen) atoms. The van der Waals surface area contributed by atoms with E-state index >= 15 is 0 Å². The van der Waals surface area contributed by atoms with Crippen LogP contribution in [0.5, 0.6) is 5.75 Å². The minimum Gasteiger partial charge on any atom is -0.496 e. The van der Waals surface area contributed by atoms with Crippen LogP contribution < -0.4 is 9.64 Å². The highest BCUT2D eigenvalue weighted by Gasteiger charge is 2.60. The van der Waals surface area contributed by atoms with Gasteiger partial charge in [0.15, 0.2) is 0 Å². The maximum atomic E-state index is 11.3. The molecule has 2 aliphatic rings. The highest BCUT2D eigenvalue weighted by atomic mass is 32.1. The molecule has 2 fully saturated rings. The number of ether oxygens (including phenoxy) is 3. The van der Waals surface area contributed by atoms with Crippen molar-refractivity contribution in [1.29, 1.82) is 0 Å². The number of aromatic carboxylic acids is 1. The van der Waals surface area contributed by atoms with E-state index in [0.29, 0.717) is 19.8 Å². The molecule has 3 heterocycles. The molecule has 2 atom stereocenters. The lowest BCUT2D eigenvalue weighted by molar-refractivity contribution is 0.0697. The molecule has 2 aromatic carbocycles. The van der Waals surface area contributed by atoms with Gasteiger partial charge in [-0.3, -0.25) is 4.98 Å². The van der Waals surface area contributed by atoms with Crippen molar-refractivity contribution in [2.24, 2.45) is 0 Å². The number of benzene rings is 2. The Labute approximate surface area is 183 Å². The second kappa shape index (κ2) is 7.96. The minimum absolute atomic E-state index is 0.0514. The van der Waals surface area contributed by atoms with E-state index in [0.717, 1.165) is 34.0 Å². The first-order valence-electron chi connectivity index (χ1n) is 10.0. The first kappa shape index (κ1) is 20.0. The molecule has 8 heteroatoms. The second-order valence-corrected chi connectivity index (χ2v) is 8.67. The molecule has 0 amide bonds. The van der Waals surface area contributed by atoms with Gasteiger partial charge in [-0.1, -0.05) is 0 Å². The predicted octanol–water partition coefficient (Wildman–Crippen LogP) is 4.42. The Morgan fingerprint density at radius 3 is 2.74 bits per heavy atom. The largest absolute Gasteiger partial charge is 0.496 e. The third kappa shape index (κ3) is 3.78. The number of carboxylic acid groups (broad SMARTS) is 1. The van der Waals surface area contributed by atoms with Crippen LogP contribution in [0.4, 0.5) is 11.4 Å². The van der Waals surface area contributed by atoms with Crippen LogP contribution in [0.1, 0.15) is 33.3 Å². The standard InChI is InChI=1S/C23H22N2O5S/c1-28-20-7-6-17(10-19(20)21-23(30-21)8-9-29-13-23)25(12-18-11-24-14-31-18)16-4-2-15(3-5-16)22(26)27/h2-7,10-11,14,21H,8-9,12-13H2,1H3,(H,26,27). The molecule has 7 nitrogen and oxygen atoms in total. The summed E-state index contributed by atoms with van der Waals surface area (Å²) in [5.74, 6) is -0.154. The van der Waals surface area contributed by atoms with Gasteiger partial charge in [0.05, 0.1) is 31.3 Å². The summed E-state index contributed by atoms with van der Waals surface area (Å²) in [4.78, 5) is 18.7. The number of carbonyl (C=O) groups is 1. The van der Waals surface area contributed by atoms with Crippen molar-refractivity contribution in [2.75, 3.05) is 25.2 Å². The smallest absolute Gasteiger partial charge is 0.335 e. The van der Waals surface area contributed by atoms with Crippen molar-refractivity contribution in [2.45, 2.75) is 24.7 Å². The number of hydrogen-bond acceptors (Lipinski definition) is 7. The zero-order valence-electron chi connectivity index (χ0n) is 17.0. The van der Waals surface area contributed by atoms with Crippen molar-refractivity contribution in [3.63, 3.8) is 0 Å². The van der Waals surface area contributed by atoms with Gasteiger partial charge in [0, 0.05) is 41.0 Å². The van der Waals surface area contributed by atoms with Crippen molar-refractivity contribution in [3.8, 4) is 5.75 Å². The summed E-state index contributed by atoms with van der Waals surface area (Å²) in [5.41, 5.74) is 4.69. The fraction of sp³-hybridized carbons (Fsp3) is 0.304. The number of rotatable bonds is 7. The molecule has 1 N–H and O–H groups in total. The van der Waals surface area contributed by atoms with Gasteiger partial charge in [-0.15, -0.1) is 11.3 Å². The van der Waals surface area contributed by atoms with Crippen molar-refractivity contribution in [1.82, 2.24) is 4.98 Å². The first-order valence-corrected chi connectivity index (χ1v) is 10.9. The molecule has 3 aromatic rings. The Hall–Kier alpha value is -2.94. The van der Waals surface area contributed by atoms with Crippen molar-refractivity contribution < 1.29 is 24.1 Å². The third-order valence-electron chi connectivity index (χ3n) is 5.82. The normalized spacial score (nSPS) is 21.9. The maximum absolute atomic E-state index is 11.3. The van der Waals surface area contributed by atoms with Crippen LogP contribution in [0.2, 0.25) is 0 Å². The highest BCUT2D eigenvalue weighted by molar-refractivity contribution is 7.09. The van der Waals surface area contributed by atoms with Gasteiger partial charge in [0.2, 0.25) is 0 Å². The zero-order chi connectivity index (χ0) is 21.4. The van der Waals surface area contributed by atoms with E-state index in [1.807, 2.05) is 36.0 Å². The Bertz CT molecular complexity index is 1080. The van der Waals surface area contributed by atoms with E-state index < -0.39 is 5.97 Å². The molecular weight excluding hydrogens is 416 g/mol. The molecule has 0 bridgehead atoms. The fourth-order valence-electron chi connectivity index (χ4n) is 4.10. The summed E-state index contributed by atoms with van der Waals surface area (Å²) in [6.45, 7) is 1.93. The van der Waals surface area contributed by atoms with Crippen LogP contribution in [0.15, 0.2) is 54.2 Å². The van der Waals surface area contributed by atoms with Gasteiger partial charge in [-0.05, 0) is 42.5 Å². The average molecular weight is 439 g/mol. The molecule has 0 radical (unpaired) electrons. The first-order chi connectivity index (χ1) is 15.1. The quantitative estimate of drug-likeness (QED) is 0.547. The van der Waals surface area contributed by atoms with E-state index in [-0.39, 0.29) is 17.3 Å². The Balaban J connectivity index is 1.52. The topological polar surface area (TPSA) is 84.4 Å². The summed E-state index contributed by atoms with van der Waals surface area (Å²) in [6.07, 6.45) is 2.68. The summed E-state index contributed by atoms with van der Waals surface area (Å²) in [7, 11) is 1.67. The molecule has 2 unspecified atom stereocenters. The Morgan fingerprint density at radius 1 is 1.29 bits per heavy atom. The number of anilines is 2. The third-order valence-corrected chi connectivity index (χ3v) is 6.58.